The highest BCUT2D eigenvalue weighted by atomic mass is 16.5. The van der Waals surface area contributed by atoms with Gasteiger partial charge < -0.3 is 28.8 Å². The molecular formula is C17H19N3O8. The summed E-state index contributed by atoms with van der Waals surface area (Å²) < 4.78 is 20.9. The number of aromatic hydroxyl groups is 1. The second-order valence-electron chi connectivity index (χ2n) is 5.50. The van der Waals surface area contributed by atoms with Gasteiger partial charge in [0.15, 0.2) is 0 Å². The Kier molecular flexibility index (Phi) is 8.25. The molecule has 0 amide bonds. The van der Waals surface area contributed by atoms with E-state index < -0.39 is 17.2 Å². The summed E-state index contributed by atoms with van der Waals surface area (Å²) in [6.07, 6.45) is 0. The zero-order valence-corrected chi connectivity index (χ0v) is 14.9. The lowest BCUT2D eigenvalue weighted by Gasteiger charge is -2.09. The van der Waals surface area contributed by atoms with Gasteiger partial charge in [-0.1, -0.05) is 5.11 Å². The van der Waals surface area contributed by atoms with Crippen molar-refractivity contribution in [1.29, 1.82) is 0 Å². The van der Waals surface area contributed by atoms with Crippen molar-refractivity contribution in [1.82, 2.24) is 0 Å². The number of aromatic carboxylic acids is 1. The zero-order chi connectivity index (χ0) is 20.4. The molecule has 0 radical (unpaired) electrons. The Hall–Kier alpha value is -3.11. The smallest absolute Gasteiger partial charge is 0.351 e. The quantitative estimate of drug-likeness (QED) is 0.182. The lowest BCUT2D eigenvalue weighted by Crippen LogP contribution is -2.13. The summed E-state index contributed by atoms with van der Waals surface area (Å²) >= 11 is 0. The van der Waals surface area contributed by atoms with Gasteiger partial charge in [-0.2, -0.15) is 0 Å². The van der Waals surface area contributed by atoms with Crippen LogP contribution in [-0.4, -0.2) is 55.8 Å². The number of rotatable bonds is 12. The highest BCUT2D eigenvalue weighted by Gasteiger charge is 2.15. The first-order chi connectivity index (χ1) is 13.5. The van der Waals surface area contributed by atoms with E-state index in [-0.39, 0.29) is 31.1 Å². The highest BCUT2D eigenvalue weighted by Crippen LogP contribution is 2.25. The molecule has 28 heavy (non-hydrogen) atoms. The predicted octanol–water partition coefficient (Wildman–Crippen LogP) is 2.06. The van der Waals surface area contributed by atoms with E-state index in [2.05, 4.69) is 10.0 Å². The van der Waals surface area contributed by atoms with E-state index in [1.54, 1.807) is 0 Å². The third kappa shape index (κ3) is 6.25. The summed E-state index contributed by atoms with van der Waals surface area (Å²) in [5.74, 6) is -1.53. The molecule has 0 aliphatic carbocycles. The fraction of sp³-hybridized carbons (Fsp3) is 0.412. The number of carbonyl (C=O) groups is 1. The van der Waals surface area contributed by atoms with Crippen LogP contribution in [0.1, 0.15) is 15.9 Å². The first kappa shape index (κ1) is 21.2. The summed E-state index contributed by atoms with van der Waals surface area (Å²) in [5.41, 5.74) is 7.16. The van der Waals surface area contributed by atoms with E-state index in [4.69, 9.17) is 29.3 Å². The van der Waals surface area contributed by atoms with Gasteiger partial charge in [0, 0.05) is 22.9 Å². The molecule has 0 spiro atoms. The molecule has 2 rings (SSSR count). The lowest BCUT2D eigenvalue weighted by molar-refractivity contribution is 0.0121. The maximum Gasteiger partial charge on any atom is 0.351 e. The Morgan fingerprint density at radius 3 is 2.46 bits per heavy atom. The number of hydrogen-bond acceptors (Lipinski definition) is 8. The Bertz CT molecular complexity index is 920. The van der Waals surface area contributed by atoms with Crippen LogP contribution in [-0.2, 0) is 20.8 Å². The van der Waals surface area contributed by atoms with Crippen LogP contribution in [0.25, 0.3) is 21.4 Å². The first-order valence-electron chi connectivity index (χ1n) is 8.30. The number of ether oxygens (including phenoxy) is 3. The van der Waals surface area contributed by atoms with Crippen molar-refractivity contribution in [2.45, 2.75) is 6.61 Å². The normalized spacial score (nSPS) is 10.7. The molecule has 0 fully saturated rings. The van der Waals surface area contributed by atoms with E-state index in [1.807, 2.05) is 0 Å². The van der Waals surface area contributed by atoms with Crippen LogP contribution in [0.4, 0.5) is 0 Å². The zero-order valence-electron chi connectivity index (χ0n) is 14.9. The number of hydrogen-bond donors (Lipinski definition) is 2. The first-order valence-corrected chi connectivity index (χ1v) is 8.30. The standard InChI is InChI=1S/C17H19N3O8/c18-20-19-1-2-25-3-4-26-5-6-27-10-11-7-12(21)8-15-13(11)9-14(16(22)23)17(24)28-15/h7-9,21H,1-6,10H2,(H,22,23). The summed E-state index contributed by atoms with van der Waals surface area (Å²) in [7, 11) is 0. The second kappa shape index (κ2) is 10.9. The Morgan fingerprint density at radius 2 is 1.79 bits per heavy atom. The topological polar surface area (TPSA) is 164 Å². The molecule has 2 N–H and O–H groups in total. The predicted molar refractivity (Wildman–Crippen MR) is 96.4 cm³/mol. The number of azide groups is 1. The van der Waals surface area contributed by atoms with E-state index in [9.17, 15) is 14.7 Å². The third-order valence-corrected chi connectivity index (χ3v) is 3.55. The summed E-state index contributed by atoms with van der Waals surface area (Å²) in [6, 6.07) is 3.84. The molecular weight excluding hydrogens is 374 g/mol. The molecule has 0 saturated heterocycles. The van der Waals surface area contributed by atoms with Gasteiger partial charge in [0.2, 0.25) is 0 Å². The van der Waals surface area contributed by atoms with Crippen molar-refractivity contribution in [3.8, 4) is 5.75 Å². The minimum atomic E-state index is -1.40. The molecule has 2 aromatic rings. The maximum absolute atomic E-state index is 11.6. The minimum Gasteiger partial charge on any atom is -0.508 e. The third-order valence-electron chi connectivity index (χ3n) is 3.55. The van der Waals surface area contributed by atoms with Crippen molar-refractivity contribution in [2.24, 2.45) is 5.11 Å². The van der Waals surface area contributed by atoms with E-state index in [1.165, 1.54) is 18.2 Å². The van der Waals surface area contributed by atoms with E-state index >= 15 is 0 Å². The monoisotopic (exact) mass is 393 g/mol. The summed E-state index contributed by atoms with van der Waals surface area (Å²) in [6.45, 7) is 1.90. The van der Waals surface area contributed by atoms with Crippen molar-refractivity contribution in [3.05, 3.63) is 50.2 Å². The van der Waals surface area contributed by atoms with Gasteiger partial charge in [0.25, 0.3) is 0 Å². The number of benzene rings is 1. The van der Waals surface area contributed by atoms with Crippen LogP contribution in [0.3, 0.4) is 0 Å². The van der Waals surface area contributed by atoms with Crippen molar-refractivity contribution >= 4 is 16.9 Å². The molecule has 0 saturated carbocycles. The van der Waals surface area contributed by atoms with Crippen LogP contribution in [0, 0.1) is 0 Å². The molecule has 0 unspecified atom stereocenters. The summed E-state index contributed by atoms with van der Waals surface area (Å²) in [5, 5.41) is 22.5. The van der Waals surface area contributed by atoms with Gasteiger partial charge in [-0.15, -0.1) is 0 Å². The Morgan fingerprint density at radius 1 is 1.11 bits per heavy atom. The molecule has 1 heterocycles. The number of phenols is 1. The molecule has 150 valence electrons. The van der Waals surface area contributed by atoms with Crippen LogP contribution in [0.2, 0.25) is 0 Å². The van der Waals surface area contributed by atoms with Crippen LogP contribution in [0.5, 0.6) is 5.75 Å². The van der Waals surface area contributed by atoms with Gasteiger partial charge >= 0.3 is 11.6 Å². The maximum atomic E-state index is 11.6. The largest absolute Gasteiger partial charge is 0.508 e. The SMILES string of the molecule is [N-]=[N+]=NCCOCCOCCOCc1cc(O)cc2oc(=O)c(C(=O)O)cc12. The molecule has 0 aliphatic heterocycles. The fourth-order valence-electron chi connectivity index (χ4n) is 2.32. The number of phenolic OH excluding ortho intramolecular Hbond substituents is 1. The van der Waals surface area contributed by atoms with Crippen molar-refractivity contribution < 1.29 is 33.6 Å². The van der Waals surface area contributed by atoms with Gasteiger partial charge in [0.05, 0.1) is 39.6 Å². The number of carboxylic acids is 1. The molecule has 0 atom stereocenters. The second-order valence-corrected chi connectivity index (χ2v) is 5.50. The van der Waals surface area contributed by atoms with Crippen molar-refractivity contribution in [3.63, 3.8) is 0 Å². The molecule has 1 aromatic heterocycles. The van der Waals surface area contributed by atoms with Gasteiger partial charge in [-0.25, -0.2) is 9.59 Å². The van der Waals surface area contributed by atoms with Gasteiger partial charge in [0.1, 0.15) is 16.9 Å². The number of nitrogens with zero attached hydrogens (tertiary/aromatic N) is 3. The average molecular weight is 393 g/mol. The molecule has 11 nitrogen and oxygen atoms in total. The molecule has 11 heteroatoms. The number of fused-ring (bicyclic) bond motifs is 1. The highest BCUT2D eigenvalue weighted by molar-refractivity contribution is 5.92. The van der Waals surface area contributed by atoms with Crippen LogP contribution >= 0.6 is 0 Å². The Labute approximate surface area is 158 Å². The van der Waals surface area contributed by atoms with Crippen LogP contribution in [0.15, 0.2) is 32.5 Å². The Balaban J connectivity index is 1.84. The van der Waals surface area contributed by atoms with E-state index in [0.29, 0.717) is 37.4 Å². The van der Waals surface area contributed by atoms with E-state index in [0.717, 1.165) is 0 Å². The van der Waals surface area contributed by atoms with Gasteiger partial charge in [-0.05, 0) is 23.2 Å². The average Bonchev–Trinajstić information content (AvgIpc) is 2.65. The number of carboxylic acid groups (broad SMARTS) is 1. The minimum absolute atomic E-state index is 0.0592. The van der Waals surface area contributed by atoms with Crippen molar-refractivity contribution in [2.75, 3.05) is 39.6 Å². The lowest BCUT2D eigenvalue weighted by atomic mass is 10.1. The molecule has 1 aromatic carbocycles. The molecule has 0 bridgehead atoms. The van der Waals surface area contributed by atoms with Crippen LogP contribution < -0.4 is 5.63 Å². The molecule has 0 aliphatic rings. The van der Waals surface area contributed by atoms with Gasteiger partial charge in [-0.3, -0.25) is 0 Å². The fourth-order valence-corrected chi connectivity index (χ4v) is 2.32. The summed E-state index contributed by atoms with van der Waals surface area (Å²) in [4.78, 5) is 25.4.